The van der Waals surface area contributed by atoms with Gasteiger partial charge >= 0.3 is 0 Å². The zero-order valence-corrected chi connectivity index (χ0v) is 16.4. The minimum atomic E-state index is -0.364. The van der Waals surface area contributed by atoms with E-state index in [1.165, 1.54) is 0 Å². The van der Waals surface area contributed by atoms with Crippen LogP contribution in [-0.4, -0.2) is 27.2 Å². The number of amides is 2. The maximum Gasteiger partial charge on any atom is 0.294 e. The van der Waals surface area contributed by atoms with Crippen molar-refractivity contribution in [2.45, 2.75) is 13.8 Å². The van der Waals surface area contributed by atoms with Crippen molar-refractivity contribution in [3.63, 3.8) is 0 Å². The van der Waals surface area contributed by atoms with Crippen molar-refractivity contribution in [1.82, 2.24) is 9.47 Å². The first-order valence-corrected chi connectivity index (χ1v) is 9.24. The molecular weight excluding hydrogens is 391 g/mol. The Labute approximate surface area is 165 Å². The van der Waals surface area contributed by atoms with E-state index in [4.69, 9.17) is 29.6 Å². The monoisotopic (exact) mass is 404 g/mol. The third kappa shape index (κ3) is 3.28. The maximum atomic E-state index is 12.3. The van der Waals surface area contributed by atoms with E-state index in [0.29, 0.717) is 15.0 Å². The molecule has 1 aliphatic rings. The number of carbonyl (C=O) groups is 2. The molecule has 0 bridgehead atoms. The molecule has 0 unspecified atom stereocenters. The maximum absolute atomic E-state index is 12.3. The lowest BCUT2D eigenvalue weighted by atomic mass is 10.2. The highest BCUT2D eigenvalue weighted by molar-refractivity contribution is 8.18. The number of rotatable bonds is 3. The van der Waals surface area contributed by atoms with Gasteiger partial charge in [-0.1, -0.05) is 29.1 Å². The average molecular weight is 405 g/mol. The lowest BCUT2D eigenvalue weighted by molar-refractivity contribution is -0.122. The first-order valence-electron chi connectivity index (χ1n) is 7.66. The van der Waals surface area contributed by atoms with E-state index >= 15 is 0 Å². The summed E-state index contributed by atoms with van der Waals surface area (Å²) in [7, 11) is 0. The molecule has 1 aromatic heterocycles. The Kier molecular flexibility index (Phi) is 5.19. The largest absolute Gasteiger partial charge is 0.318 e. The van der Waals surface area contributed by atoms with Gasteiger partial charge < -0.3 is 4.57 Å². The lowest BCUT2D eigenvalue weighted by Crippen LogP contribution is -2.28. The molecule has 1 fully saturated rings. The van der Waals surface area contributed by atoms with Crippen LogP contribution in [-0.2, 0) is 4.79 Å². The smallest absolute Gasteiger partial charge is 0.294 e. The number of nitrogens with zero attached hydrogens (tertiary/aromatic N) is 2. The Morgan fingerprint density at radius 2 is 1.92 bits per heavy atom. The van der Waals surface area contributed by atoms with E-state index in [1.54, 1.807) is 18.2 Å². The number of hydrogen-bond acceptors (Lipinski definition) is 3. The van der Waals surface area contributed by atoms with Gasteiger partial charge in [0, 0.05) is 17.1 Å². The minimum Gasteiger partial charge on any atom is -0.318 e. The van der Waals surface area contributed by atoms with E-state index in [9.17, 15) is 9.59 Å². The summed E-state index contributed by atoms with van der Waals surface area (Å²) >= 11 is 13.0. The molecule has 3 rings (SSSR count). The van der Waals surface area contributed by atoms with Gasteiger partial charge in [0.25, 0.3) is 11.1 Å². The van der Waals surface area contributed by atoms with Gasteiger partial charge in [-0.25, -0.2) is 0 Å². The molecule has 2 heterocycles. The fourth-order valence-electron chi connectivity index (χ4n) is 2.82. The molecule has 0 N–H and O–H groups in total. The lowest BCUT2D eigenvalue weighted by Gasteiger charge is -2.10. The van der Waals surface area contributed by atoms with Crippen LogP contribution in [0.1, 0.15) is 17.0 Å². The molecule has 2 aromatic rings. The van der Waals surface area contributed by atoms with Crippen LogP contribution in [0.15, 0.2) is 29.2 Å². The SMILES string of the molecule is C#CCN1C(=O)S/C(=C\c2cc(C)n(-c3ccc(Cl)c(Cl)c3)c2C)C1=O. The predicted octanol–water partition coefficient (Wildman–Crippen LogP) is 5.07. The molecule has 2 amide bonds. The molecular formula is C19H14Cl2N2O2S. The van der Waals surface area contributed by atoms with Gasteiger partial charge in [-0.2, -0.15) is 0 Å². The van der Waals surface area contributed by atoms with Gasteiger partial charge in [0.15, 0.2) is 0 Å². The Morgan fingerprint density at radius 3 is 2.58 bits per heavy atom. The van der Waals surface area contributed by atoms with Crippen LogP contribution in [0.25, 0.3) is 11.8 Å². The van der Waals surface area contributed by atoms with Crippen LogP contribution in [0.4, 0.5) is 4.79 Å². The molecule has 4 nitrogen and oxygen atoms in total. The molecule has 1 aliphatic heterocycles. The Balaban J connectivity index is 2.01. The van der Waals surface area contributed by atoms with Crippen molar-refractivity contribution >= 4 is 52.2 Å². The number of carbonyl (C=O) groups excluding carboxylic acids is 2. The highest BCUT2D eigenvalue weighted by Gasteiger charge is 2.34. The summed E-state index contributed by atoms with van der Waals surface area (Å²) in [4.78, 5) is 25.7. The van der Waals surface area contributed by atoms with Crippen molar-refractivity contribution in [3.05, 3.63) is 56.2 Å². The predicted molar refractivity (Wildman–Crippen MR) is 107 cm³/mol. The van der Waals surface area contributed by atoms with E-state index in [2.05, 4.69) is 5.92 Å². The zero-order valence-electron chi connectivity index (χ0n) is 14.0. The second-order valence-corrected chi connectivity index (χ2v) is 7.54. The molecule has 0 spiro atoms. The van der Waals surface area contributed by atoms with Crippen LogP contribution >= 0.6 is 35.0 Å². The fourth-order valence-corrected chi connectivity index (χ4v) is 3.95. The second-order valence-electron chi connectivity index (χ2n) is 5.73. The molecule has 132 valence electrons. The summed E-state index contributed by atoms with van der Waals surface area (Å²) in [6.07, 6.45) is 6.94. The summed E-state index contributed by atoms with van der Waals surface area (Å²) < 4.78 is 2.01. The van der Waals surface area contributed by atoms with Gasteiger partial charge in [0.05, 0.1) is 21.5 Å². The number of aromatic nitrogens is 1. The number of thioether (sulfide) groups is 1. The summed E-state index contributed by atoms with van der Waals surface area (Å²) in [6.45, 7) is 3.87. The van der Waals surface area contributed by atoms with Crippen molar-refractivity contribution in [1.29, 1.82) is 0 Å². The highest BCUT2D eigenvalue weighted by atomic mass is 35.5. The zero-order chi connectivity index (χ0) is 19.0. The molecule has 0 atom stereocenters. The van der Waals surface area contributed by atoms with Crippen molar-refractivity contribution in [2.75, 3.05) is 6.54 Å². The summed E-state index contributed by atoms with van der Waals surface area (Å²) in [5.74, 6) is 1.96. The minimum absolute atomic E-state index is 0.0235. The number of benzene rings is 1. The third-order valence-corrected chi connectivity index (χ3v) is 5.69. The molecule has 7 heteroatoms. The first-order chi connectivity index (χ1) is 12.3. The van der Waals surface area contributed by atoms with Gasteiger partial charge in [-0.3, -0.25) is 14.5 Å². The van der Waals surface area contributed by atoms with Crippen molar-refractivity contribution in [3.8, 4) is 18.0 Å². The van der Waals surface area contributed by atoms with Crippen LogP contribution in [0.2, 0.25) is 10.0 Å². The van der Waals surface area contributed by atoms with Crippen LogP contribution in [0.5, 0.6) is 0 Å². The summed E-state index contributed by atoms with van der Waals surface area (Å²) in [6, 6.07) is 7.35. The summed E-state index contributed by atoms with van der Waals surface area (Å²) in [5.41, 5.74) is 3.61. The molecule has 1 aromatic carbocycles. The highest BCUT2D eigenvalue weighted by Crippen LogP contribution is 2.34. The van der Waals surface area contributed by atoms with E-state index in [-0.39, 0.29) is 17.7 Å². The number of terminal acetylenes is 1. The van der Waals surface area contributed by atoms with E-state index in [1.807, 2.05) is 30.5 Å². The van der Waals surface area contributed by atoms with Crippen LogP contribution < -0.4 is 0 Å². The third-order valence-electron chi connectivity index (χ3n) is 4.04. The normalized spacial score (nSPS) is 15.8. The van der Waals surface area contributed by atoms with E-state index in [0.717, 1.165) is 39.3 Å². The molecule has 0 saturated carbocycles. The number of imide groups is 1. The van der Waals surface area contributed by atoms with Gasteiger partial charge in [-0.15, -0.1) is 6.42 Å². The average Bonchev–Trinajstić information content (AvgIpc) is 3.01. The first kappa shape index (κ1) is 18.7. The standard InChI is InChI=1S/C19H14Cl2N2O2S/c1-4-7-22-18(24)17(26-19(22)25)9-13-8-11(2)23(12(13)3)14-5-6-15(20)16(21)10-14/h1,5-6,8-10H,7H2,2-3H3/b17-9-. The molecule has 1 saturated heterocycles. The quantitative estimate of drug-likeness (QED) is 0.529. The Morgan fingerprint density at radius 1 is 1.19 bits per heavy atom. The van der Waals surface area contributed by atoms with Gasteiger partial charge in [-0.05, 0) is 61.5 Å². The van der Waals surface area contributed by atoms with Crippen LogP contribution in [0, 0.1) is 26.2 Å². The number of hydrogen-bond donors (Lipinski definition) is 0. The van der Waals surface area contributed by atoms with Gasteiger partial charge in [0.1, 0.15) is 0 Å². The van der Waals surface area contributed by atoms with Gasteiger partial charge in [0.2, 0.25) is 0 Å². The Hall–Kier alpha value is -2.13. The van der Waals surface area contributed by atoms with Crippen LogP contribution in [0.3, 0.4) is 0 Å². The molecule has 26 heavy (non-hydrogen) atoms. The second kappa shape index (κ2) is 7.24. The topological polar surface area (TPSA) is 42.3 Å². The Bertz CT molecular complexity index is 1000. The number of halogens is 2. The fraction of sp³-hybridized carbons (Fsp3) is 0.158. The van der Waals surface area contributed by atoms with Crippen molar-refractivity contribution < 1.29 is 9.59 Å². The van der Waals surface area contributed by atoms with Crippen molar-refractivity contribution in [2.24, 2.45) is 0 Å². The molecule has 0 aliphatic carbocycles. The van der Waals surface area contributed by atoms with E-state index < -0.39 is 0 Å². The molecule has 0 radical (unpaired) electrons. The summed E-state index contributed by atoms with van der Waals surface area (Å²) in [5, 5.41) is 0.603. The number of aryl methyl sites for hydroxylation is 1.